The van der Waals surface area contributed by atoms with Crippen LogP contribution in [0.5, 0.6) is 0 Å². The third kappa shape index (κ3) is 8.01. The van der Waals surface area contributed by atoms with Gasteiger partial charge in [0.2, 0.25) is 16.0 Å². The molecular formula is C27H39ClN6O2S. The molecule has 0 atom stereocenters. The van der Waals surface area contributed by atoms with Crippen LogP contribution < -0.4 is 21.1 Å². The number of sulfonamides is 1. The number of halogens is 1. The molecule has 202 valence electrons. The molecule has 0 saturated heterocycles. The van der Waals surface area contributed by atoms with E-state index in [2.05, 4.69) is 15.4 Å². The highest BCUT2D eigenvalue weighted by Crippen LogP contribution is 2.30. The van der Waals surface area contributed by atoms with Crippen molar-refractivity contribution in [2.75, 3.05) is 36.8 Å². The standard InChI is InChI=1S/C26H35ClN6O2S.CH4/c27-22-8-2-4-10-24(22)36(34,35)31-18-20-13-11-19(12-14-20)17-30-26-32-23-9-3-1-7-21(23)25(33-26)29-16-6-5-15-28;/h1-4,7-10,19-20,31H,5-6,11-18,28H2,(H2,29,30,32,33);1H4. The van der Waals surface area contributed by atoms with Crippen LogP contribution in [0.3, 0.4) is 0 Å². The Labute approximate surface area is 225 Å². The van der Waals surface area contributed by atoms with Crippen molar-refractivity contribution in [1.29, 1.82) is 0 Å². The molecule has 0 bridgehead atoms. The summed E-state index contributed by atoms with van der Waals surface area (Å²) < 4.78 is 28.0. The maximum atomic E-state index is 12.6. The molecule has 0 unspecified atom stereocenters. The molecule has 5 N–H and O–H groups in total. The fourth-order valence-corrected chi connectivity index (χ4v) is 6.24. The van der Waals surface area contributed by atoms with E-state index in [1.807, 2.05) is 24.3 Å². The normalized spacial score (nSPS) is 17.8. The first kappa shape index (κ1) is 29.1. The first-order valence-electron chi connectivity index (χ1n) is 12.6. The second-order valence-corrected chi connectivity index (χ2v) is 11.5. The molecule has 0 amide bonds. The predicted molar refractivity (Wildman–Crippen MR) is 154 cm³/mol. The van der Waals surface area contributed by atoms with Crippen LogP contribution in [0.15, 0.2) is 53.4 Å². The lowest BCUT2D eigenvalue weighted by Gasteiger charge is -2.28. The smallest absolute Gasteiger partial charge is 0.242 e. The van der Waals surface area contributed by atoms with Gasteiger partial charge in [-0.05, 0) is 81.2 Å². The Morgan fingerprint density at radius 1 is 0.892 bits per heavy atom. The summed E-state index contributed by atoms with van der Waals surface area (Å²) in [6, 6.07) is 14.5. The summed E-state index contributed by atoms with van der Waals surface area (Å²) in [5.41, 5.74) is 6.52. The molecule has 10 heteroatoms. The van der Waals surface area contributed by atoms with Crippen LogP contribution in [-0.2, 0) is 10.0 Å². The molecule has 37 heavy (non-hydrogen) atoms. The van der Waals surface area contributed by atoms with Gasteiger partial charge in [0.05, 0.1) is 10.5 Å². The highest BCUT2D eigenvalue weighted by Gasteiger charge is 2.24. The van der Waals surface area contributed by atoms with Crippen LogP contribution in [0, 0.1) is 11.8 Å². The number of nitrogens with zero attached hydrogens (tertiary/aromatic N) is 2. The Kier molecular flexibility index (Phi) is 10.9. The molecule has 1 aliphatic carbocycles. The van der Waals surface area contributed by atoms with Gasteiger partial charge in [0, 0.05) is 25.0 Å². The molecule has 1 aromatic heterocycles. The van der Waals surface area contributed by atoms with E-state index in [4.69, 9.17) is 27.3 Å². The fraction of sp³-hybridized carbons (Fsp3) is 0.481. The van der Waals surface area contributed by atoms with Gasteiger partial charge in [0.1, 0.15) is 10.7 Å². The molecule has 3 aromatic rings. The largest absolute Gasteiger partial charge is 0.369 e. The van der Waals surface area contributed by atoms with Crippen molar-refractivity contribution in [3.63, 3.8) is 0 Å². The van der Waals surface area contributed by atoms with Crippen LogP contribution in [0.1, 0.15) is 46.0 Å². The van der Waals surface area contributed by atoms with Crippen molar-refractivity contribution >= 4 is 44.3 Å². The number of hydrogen-bond acceptors (Lipinski definition) is 7. The van der Waals surface area contributed by atoms with E-state index in [1.165, 1.54) is 6.07 Å². The number of unbranched alkanes of at least 4 members (excludes halogenated alkanes) is 1. The van der Waals surface area contributed by atoms with Gasteiger partial charge in [0.15, 0.2) is 0 Å². The van der Waals surface area contributed by atoms with Crippen molar-refractivity contribution in [2.24, 2.45) is 17.6 Å². The SMILES string of the molecule is C.NCCCCNc1nc(NCC2CCC(CNS(=O)(=O)c3ccccc3Cl)CC2)nc2ccccc12. The lowest BCUT2D eigenvalue weighted by molar-refractivity contribution is 0.284. The van der Waals surface area contributed by atoms with Gasteiger partial charge >= 0.3 is 0 Å². The third-order valence-corrected chi connectivity index (χ3v) is 8.65. The quantitative estimate of drug-likeness (QED) is 0.228. The first-order chi connectivity index (χ1) is 17.5. The van der Waals surface area contributed by atoms with Crippen LogP contribution in [0.4, 0.5) is 11.8 Å². The topological polar surface area (TPSA) is 122 Å². The minimum atomic E-state index is -3.61. The van der Waals surface area contributed by atoms with Gasteiger partial charge in [-0.2, -0.15) is 4.98 Å². The Bertz CT molecular complexity index is 1250. The molecule has 0 aliphatic heterocycles. The summed E-state index contributed by atoms with van der Waals surface area (Å²) in [6.45, 7) is 2.74. The Morgan fingerprint density at radius 3 is 2.30 bits per heavy atom. The van der Waals surface area contributed by atoms with Crippen molar-refractivity contribution in [2.45, 2.75) is 50.8 Å². The van der Waals surface area contributed by atoms with Gasteiger partial charge < -0.3 is 16.4 Å². The lowest BCUT2D eigenvalue weighted by Crippen LogP contribution is -2.32. The predicted octanol–water partition coefficient (Wildman–Crippen LogP) is 5.27. The van der Waals surface area contributed by atoms with E-state index in [0.717, 1.165) is 68.3 Å². The number of hydrogen-bond donors (Lipinski definition) is 4. The molecule has 0 radical (unpaired) electrons. The lowest BCUT2D eigenvalue weighted by atomic mass is 9.82. The second-order valence-electron chi connectivity index (χ2n) is 9.39. The van der Waals surface area contributed by atoms with E-state index in [0.29, 0.717) is 30.9 Å². The summed E-state index contributed by atoms with van der Waals surface area (Å²) in [5, 5.41) is 8.13. The van der Waals surface area contributed by atoms with E-state index in [1.54, 1.807) is 18.2 Å². The summed E-state index contributed by atoms with van der Waals surface area (Å²) >= 11 is 6.07. The van der Waals surface area contributed by atoms with Crippen molar-refractivity contribution in [1.82, 2.24) is 14.7 Å². The van der Waals surface area contributed by atoms with Gasteiger partial charge in [-0.25, -0.2) is 18.1 Å². The number of aromatic nitrogens is 2. The van der Waals surface area contributed by atoms with E-state index < -0.39 is 10.0 Å². The zero-order valence-electron chi connectivity index (χ0n) is 20.4. The van der Waals surface area contributed by atoms with Gasteiger partial charge in [-0.3, -0.25) is 0 Å². The van der Waals surface area contributed by atoms with E-state index >= 15 is 0 Å². The summed E-state index contributed by atoms with van der Waals surface area (Å²) in [7, 11) is -3.61. The highest BCUT2D eigenvalue weighted by molar-refractivity contribution is 7.89. The average Bonchev–Trinajstić information content (AvgIpc) is 2.89. The maximum absolute atomic E-state index is 12.6. The van der Waals surface area contributed by atoms with Gasteiger partial charge in [-0.1, -0.05) is 43.3 Å². The molecule has 2 aromatic carbocycles. The molecule has 1 saturated carbocycles. The molecule has 8 nitrogen and oxygen atoms in total. The molecule has 0 spiro atoms. The van der Waals surface area contributed by atoms with Crippen molar-refractivity contribution < 1.29 is 8.42 Å². The Hall–Kier alpha value is -2.46. The average molecular weight is 547 g/mol. The van der Waals surface area contributed by atoms with Gasteiger partial charge in [-0.15, -0.1) is 0 Å². The third-order valence-electron chi connectivity index (χ3n) is 6.73. The Balaban J connectivity index is 0.00000380. The van der Waals surface area contributed by atoms with Crippen LogP contribution >= 0.6 is 11.6 Å². The monoisotopic (exact) mass is 546 g/mol. The molecule has 1 fully saturated rings. The summed E-state index contributed by atoms with van der Waals surface area (Å²) in [5.74, 6) is 2.29. The van der Waals surface area contributed by atoms with Gasteiger partial charge in [0.25, 0.3) is 0 Å². The minimum absolute atomic E-state index is 0. The van der Waals surface area contributed by atoms with Crippen molar-refractivity contribution in [3.05, 3.63) is 53.6 Å². The zero-order valence-corrected chi connectivity index (χ0v) is 22.0. The van der Waals surface area contributed by atoms with Crippen LogP contribution in [0.25, 0.3) is 10.9 Å². The van der Waals surface area contributed by atoms with Crippen LogP contribution in [0.2, 0.25) is 5.02 Å². The van der Waals surface area contributed by atoms with E-state index in [-0.39, 0.29) is 17.3 Å². The maximum Gasteiger partial charge on any atom is 0.242 e. The number of para-hydroxylation sites is 1. The number of nitrogens with one attached hydrogen (secondary N) is 3. The number of nitrogens with two attached hydrogens (primary N) is 1. The molecule has 4 rings (SSSR count). The number of rotatable bonds is 12. The summed E-state index contributed by atoms with van der Waals surface area (Å²) in [4.78, 5) is 9.57. The van der Waals surface area contributed by atoms with Crippen LogP contribution in [-0.4, -0.2) is 44.6 Å². The summed E-state index contributed by atoms with van der Waals surface area (Å²) in [6.07, 6.45) is 5.99. The number of benzene rings is 2. The second kappa shape index (κ2) is 13.9. The Morgan fingerprint density at radius 2 is 1.57 bits per heavy atom. The fourth-order valence-electron chi connectivity index (χ4n) is 4.61. The number of anilines is 2. The molecule has 1 aliphatic rings. The zero-order chi connectivity index (χ0) is 25.4. The first-order valence-corrected chi connectivity index (χ1v) is 14.5. The molecule has 1 heterocycles. The van der Waals surface area contributed by atoms with Crippen molar-refractivity contribution in [3.8, 4) is 0 Å². The van der Waals surface area contributed by atoms with E-state index in [9.17, 15) is 8.42 Å². The minimum Gasteiger partial charge on any atom is -0.369 e. The number of fused-ring (bicyclic) bond motifs is 1. The molecular weight excluding hydrogens is 508 g/mol. The highest BCUT2D eigenvalue weighted by atomic mass is 35.5.